The Kier molecular flexibility index (Phi) is 20.6. The third kappa shape index (κ3) is 15.1. The van der Waals surface area contributed by atoms with E-state index in [1.165, 1.54) is 0 Å². The summed E-state index contributed by atoms with van der Waals surface area (Å²) in [5.74, 6) is 0. The zero-order chi connectivity index (χ0) is 23.7. The second-order valence-corrected chi connectivity index (χ2v) is 5.31. The minimum absolute atomic E-state index is 0.0258. The molecule has 15 nitrogen and oxygen atoms in total. The molecule has 0 aromatic rings. The molecular weight excluding hydrogens is 408 g/mol. The van der Waals surface area contributed by atoms with Crippen LogP contribution in [0.2, 0.25) is 0 Å². The van der Waals surface area contributed by atoms with Crippen molar-refractivity contribution in [3.8, 4) is 0 Å². The first-order valence-electron chi connectivity index (χ1n) is 7.85. The lowest BCUT2D eigenvalue weighted by atomic mass is 10.0. The van der Waals surface area contributed by atoms with Gasteiger partial charge in [-0.05, 0) is 0 Å². The van der Waals surface area contributed by atoms with Crippen LogP contribution in [0.1, 0.15) is 0 Å². The normalized spacial score (nSPS) is 18.8. The summed E-state index contributed by atoms with van der Waals surface area (Å²) < 4.78 is 3.67. The van der Waals surface area contributed by atoms with Crippen molar-refractivity contribution < 1.29 is 75.6 Å². The summed E-state index contributed by atoms with van der Waals surface area (Å²) in [6.07, 6.45) is -14.5. The molecule has 0 rings (SSSR count). The average molecular weight is 438 g/mol. The molecule has 0 aliphatic rings. The Morgan fingerprint density at radius 1 is 0.724 bits per heavy atom. The van der Waals surface area contributed by atoms with Crippen LogP contribution in [-0.4, -0.2) is 149 Å². The van der Waals surface area contributed by atoms with Gasteiger partial charge >= 0.3 is 6.16 Å². The lowest BCUT2D eigenvalue weighted by molar-refractivity contribution is -0.136. The Labute approximate surface area is 164 Å². The maximum absolute atomic E-state index is 9.90. The summed E-state index contributed by atoms with van der Waals surface area (Å²) in [6.45, 7) is -2.21. The number of carboxylic acid groups (broad SMARTS) is 1. The molecule has 0 aromatic carbocycles. The van der Waals surface area contributed by atoms with E-state index >= 15 is 0 Å². The fourth-order valence-corrected chi connectivity index (χ4v) is 1.29. The number of carbonyl (C=O) groups is 2. The van der Waals surface area contributed by atoms with Crippen LogP contribution in [0.3, 0.4) is 0 Å². The highest BCUT2D eigenvalue weighted by molar-refractivity contribution is 5.56. The molecule has 12 N–H and O–H groups in total. The average Bonchev–Trinajstić information content (AvgIpc) is 2.75. The van der Waals surface area contributed by atoms with Crippen LogP contribution >= 0.6 is 0 Å². The highest BCUT2D eigenvalue weighted by Gasteiger charge is 2.30. The van der Waals surface area contributed by atoms with Crippen molar-refractivity contribution in [3.63, 3.8) is 0 Å². The predicted molar refractivity (Wildman–Crippen MR) is 90.4 cm³/mol. The first-order chi connectivity index (χ1) is 13.4. The van der Waals surface area contributed by atoms with E-state index in [-0.39, 0.29) is 6.29 Å². The molecule has 0 radical (unpaired) electrons. The van der Waals surface area contributed by atoms with Crippen LogP contribution in [0.5, 0.6) is 0 Å². The summed E-state index contributed by atoms with van der Waals surface area (Å²) in [5.41, 5.74) is 0. The van der Waals surface area contributed by atoms with E-state index in [9.17, 15) is 4.79 Å². The molecule has 0 spiro atoms. The molecule has 0 fully saturated rings. The summed E-state index contributed by atoms with van der Waals surface area (Å²) in [5, 5.41) is 103. The van der Waals surface area contributed by atoms with Crippen LogP contribution in [0.4, 0.5) is 4.79 Å². The van der Waals surface area contributed by atoms with Gasteiger partial charge in [-0.2, -0.15) is 0 Å². The van der Waals surface area contributed by atoms with E-state index in [2.05, 4.69) is 4.74 Å². The zero-order valence-electron chi connectivity index (χ0n) is 15.4. The Bertz CT molecular complexity index is 394. The fourth-order valence-electron chi connectivity index (χ4n) is 1.29. The SMILES string of the molecule is COC(=O)O.O=CC(O)C(O)C(O)C(O)CO.OCC(O)C(O)C(O)C(O)CO. The van der Waals surface area contributed by atoms with Gasteiger partial charge in [0.2, 0.25) is 0 Å². The van der Waals surface area contributed by atoms with Gasteiger partial charge < -0.3 is 70.8 Å². The first-order valence-corrected chi connectivity index (χ1v) is 7.85. The molecule has 8 unspecified atom stereocenters. The molecular formula is C14H30O15. The molecule has 0 bridgehead atoms. The van der Waals surface area contributed by atoms with Crippen LogP contribution in [0, 0.1) is 0 Å². The maximum Gasteiger partial charge on any atom is 0.505 e. The largest absolute Gasteiger partial charge is 0.505 e. The molecule has 0 aromatic heterocycles. The van der Waals surface area contributed by atoms with Gasteiger partial charge in [0.15, 0.2) is 6.29 Å². The third-order valence-corrected chi connectivity index (χ3v) is 3.11. The predicted octanol–water partition coefficient (Wildman–Crippen LogP) is -6.65. The lowest BCUT2D eigenvalue weighted by Crippen LogP contribution is -2.46. The van der Waals surface area contributed by atoms with Crippen molar-refractivity contribution in [1.29, 1.82) is 0 Å². The molecule has 0 saturated carbocycles. The molecule has 0 heterocycles. The van der Waals surface area contributed by atoms with Crippen molar-refractivity contribution in [2.24, 2.45) is 0 Å². The molecule has 15 heteroatoms. The number of carbonyl (C=O) groups excluding carboxylic acids is 1. The number of ether oxygens (including phenoxy) is 1. The van der Waals surface area contributed by atoms with Crippen molar-refractivity contribution in [2.45, 2.75) is 48.8 Å². The van der Waals surface area contributed by atoms with Gasteiger partial charge in [-0.1, -0.05) is 0 Å². The zero-order valence-corrected chi connectivity index (χ0v) is 15.4. The van der Waals surface area contributed by atoms with E-state index in [0.717, 1.165) is 7.11 Å². The monoisotopic (exact) mass is 438 g/mol. The first kappa shape index (κ1) is 32.2. The topological polar surface area (TPSA) is 286 Å². The smallest absolute Gasteiger partial charge is 0.450 e. The molecule has 0 aliphatic carbocycles. The number of aliphatic hydroxyl groups is 11. The number of methoxy groups -OCH3 is 1. The number of aldehydes is 1. The van der Waals surface area contributed by atoms with Gasteiger partial charge in [-0.3, -0.25) is 0 Å². The Balaban J connectivity index is -0.000000380. The van der Waals surface area contributed by atoms with Crippen molar-refractivity contribution in [3.05, 3.63) is 0 Å². The van der Waals surface area contributed by atoms with Crippen LogP contribution in [-0.2, 0) is 9.53 Å². The summed E-state index contributed by atoms with van der Waals surface area (Å²) in [7, 11) is 1.10. The van der Waals surface area contributed by atoms with Crippen LogP contribution in [0.25, 0.3) is 0 Å². The molecule has 176 valence electrons. The van der Waals surface area contributed by atoms with Gasteiger partial charge in [-0.15, -0.1) is 0 Å². The van der Waals surface area contributed by atoms with E-state index in [0.29, 0.717) is 0 Å². The van der Waals surface area contributed by atoms with Gasteiger partial charge in [0.25, 0.3) is 0 Å². The third-order valence-electron chi connectivity index (χ3n) is 3.11. The van der Waals surface area contributed by atoms with Crippen molar-refractivity contribution in [2.75, 3.05) is 26.9 Å². The number of rotatable bonds is 10. The van der Waals surface area contributed by atoms with Gasteiger partial charge in [0.1, 0.15) is 48.8 Å². The Hall–Kier alpha value is -1.50. The number of hydrogen-bond acceptors (Lipinski definition) is 14. The summed E-state index contributed by atoms with van der Waals surface area (Å²) in [4.78, 5) is 19.0. The molecule has 0 aliphatic heterocycles. The molecule has 29 heavy (non-hydrogen) atoms. The minimum atomic E-state index is -1.79. The Morgan fingerprint density at radius 2 is 0.966 bits per heavy atom. The lowest BCUT2D eigenvalue weighted by Gasteiger charge is -2.24. The van der Waals surface area contributed by atoms with E-state index < -0.39 is 74.8 Å². The Morgan fingerprint density at radius 3 is 1.14 bits per heavy atom. The summed E-state index contributed by atoms with van der Waals surface area (Å²) in [6, 6.07) is 0. The highest BCUT2D eigenvalue weighted by Crippen LogP contribution is 2.04. The van der Waals surface area contributed by atoms with E-state index in [4.69, 9.17) is 66.1 Å². The second-order valence-electron chi connectivity index (χ2n) is 5.31. The quantitative estimate of drug-likeness (QED) is 0.111. The number of hydrogen-bond donors (Lipinski definition) is 12. The van der Waals surface area contributed by atoms with Gasteiger partial charge in [0, 0.05) is 0 Å². The highest BCUT2D eigenvalue weighted by atomic mass is 16.6. The van der Waals surface area contributed by atoms with E-state index in [1.54, 1.807) is 0 Å². The van der Waals surface area contributed by atoms with E-state index in [1.807, 2.05) is 0 Å². The fraction of sp³-hybridized carbons (Fsp3) is 0.857. The molecule has 0 saturated heterocycles. The van der Waals surface area contributed by atoms with Crippen molar-refractivity contribution >= 4 is 12.4 Å². The van der Waals surface area contributed by atoms with Gasteiger partial charge in [0.05, 0.1) is 26.9 Å². The standard InChI is InChI=1S/C6H14O6.C6H12O6.C2H4O3/c2*7-1-3(9)5(11)6(12)4(10)2-8;1-5-2(3)4/h3-12H,1-2H2;1,3-6,8-12H,2H2;1H3,(H,3,4). The van der Waals surface area contributed by atoms with Gasteiger partial charge in [-0.25, -0.2) is 4.79 Å². The second kappa shape index (κ2) is 18.5. The van der Waals surface area contributed by atoms with Crippen molar-refractivity contribution in [1.82, 2.24) is 0 Å². The van der Waals surface area contributed by atoms with Crippen LogP contribution in [0.15, 0.2) is 0 Å². The molecule has 8 atom stereocenters. The van der Waals surface area contributed by atoms with Crippen LogP contribution < -0.4 is 0 Å². The minimum Gasteiger partial charge on any atom is -0.450 e. The summed E-state index contributed by atoms with van der Waals surface area (Å²) >= 11 is 0. The maximum atomic E-state index is 9.90. The molecule has 0 amide bonds. The number of aliphatic hydroxyl groups excluding tert-OH is 11.